The van der Waals surface area contributed by atoms with Crippen molar-refractivity contribution in [1.29, 1.82) is 0 Å². The molecule has 0 saturated heterocycles. The third kappa shape index (κ3) is 4.12. The smallest absolute Gasteiger partial charge is 0.252 e. The number of halogens is 1. The Kier molecular flexibility index (Phi) is 6.08. The molecule has 1 amide bonds. The topological polar surface area (TPSA) is 73.9 Å². The van der Waals surface area contributed by atoms with Crippen LogP contribution in [0.15, 0.2) is 36.8 Å². The lowest BCUT2D eigenvalue weighted by Gasteiger charge is -2.29. The zero-order chi connectivity index (χ0) is 19.4. The standard InChI is InChI=1S/C20H24ClN5O/c1-4-26(5-2)18(14-10-23-13(3)24-11-14)12-25-20(27)16-6-7-17-15(19(16)21)8-9-22-17/h6-11,18,22H,4-5,12H2,1-3H3,(H,25,27). The molecule has 2 heterocycles. The Morgan fingerprint density at radius 2 is 1.93 bits per heavy atom. The van der Waals surface area contributed by atoms with Crippen LogP contribution in [0.1, 0.15) is 41.6 Å². The van der Waals surface area contributed by atoms with Crippen LogP contribution in [0.4, 0.5) is 0 Å². The molecule has 0 aliphatic heterocycles. The summed E-state index contributed by atoms with van der Waals surface area (Å²) in [5, 5.41) is 4.33. The molecule has 2 aromatic heterocycles. The Hall–Kier alpha value is -2.44. The quantitative estimate of drug-likeness (QED) is 0.649. The van der Waals surface area contributed by atoms with Crippen molar-refractivity contribution >= 4 is 28.4 Å². The van der Waals surface area contributed by atoms with Crippen LogP contribution in [0.5, 0.6) is 0 Å². The maximum absolute atomic E-state index is 12.8. The Morgan fingerprint density at radius 3 is 2.59 bits per heavy atom. The highest BCUT2D eigenvalue weighted by atomic mass is 35.5. The number of H-pyrrole nitrogens is 1. The maximum atomic E-state index is 12.8. The number of nitrogens with zero attached hydrogens (tertiary/aromatic N) is 3. The summed E-state index contributed by atoms with van der Waals surface area (Å²) >= 11 is 6.43. The van der Waals surface area contributed by atoms with Crippen molar-refractivity contribution in [2.24, 2.45) is 0 Å². The summed E-state index contributed by atoms with van der Waals surface area (Å²) in [5.41, 5.74) is 2.37. The first-order chi connectivity index (χ1) is 13.0. The van der Waals surface area contributed by atoms with E-state index in [4.69, 9.17) is 11.6 Å². The molecule has 0 spiro atoms. The van der Waals surface area contributed by atoms with Gasteiger partial charge in [0, 0.05) is 41.6 Å². The maximum Gasteiger partial charge on any atom is 0.252 e. The van der Waals surface area contributed by atoms with E-state index in [1.807, 2.05) is 37.6 Å². The zero-order valence-electron chi connectivity index (χ0n) is 15.8. The lowest BCUT2D eigenvalue weighted by Crippen LogP contribution is -2.38. The van der Waals surface area contributed by atoms with Gasteiger partial charge in [0.25, 0.3) is 5.91 Å². The Morgan fingerprint density at radius 1 is 1.22 bits per heavy atom. The van der Waals surface area contributed by atoms with Crippen LogP contribution in [-0.2, 0) is 0 Å². The number of aromatic nitrogens is 3. The average Bonchev–Trinajstić information content (AvgIpc) is 3.16. The van der Waals surface area contributed by atoms with Gasteiger partial charge >= 0.3 is 0 Å². The van der Waals surface area contributed by atoms with Gasteiger partial charge in [-0.05, 0) is 38.2 Å². The normalized spacial score (nSPS) is 12.5. The molecule has 0 aliphatic carbocycles. The van der Waals surface area contributed by atoms with Gasteiger partial charge in [0.05, 0.1) is 16.6 Å². The first kappa shape index (κ1) is 19.3. The lowest BCUT2D eigenvalue weighted by atomic mass is 10.1. The summed E-state index contributed by atoms with van der Waals surface area (Å²) in [4.78, 5) is 26.7. The van der Waals surface area contributed by atoms with E-state index < -0.39 is 0 Å². The van der Waals surface area contributed by atoms with E-state index in [0.717, 1.165) is 35.4 Å². The Labute approximate surface area is 164 Å². The fraction of sp³-hybridized carbons (Fsp3) is 0.350. The number of amides is 1. The molecule has 1 atom stereocenters. The van der Waals surface area contributed by atoms with Crippen LogP contribution >= 0.6 is 11.6 Å². The second kappa shape index (κ2) is 8.50. The molecule has 2 N–H and O–H groups in total. The average molecular weight is 386 g/mol. The predicted molar refractivity (Wildman–Crippen MR) is 108 cm³/mol. The SMILES string of the molecule is CCN(CC)C(CNC(=O)c1ccc2[nH]ccc2c1Cl)c1cnc(C)nc1. The van der Waals surface area contributed by atoms with E-state index in [0.29, 0.717) is 17.1 Å². The first-order valence-electron chi connectivity index (χ1n) is 9.11. The van der Waals surface area contributed by atoms with Gasteiger partial charge in [-0.2, -0.15) is 0 Å². The molecule has 0 radical (unpaired) electrons. The van der Waals surface area contributed by atoms with Gasteiger partial charge in [0.15, 0.2) is 0 Å². The van der Waals surface area contributed by atoms with Gasteiger partial charge in [-0.25, -0.2) is 9.97 Å². The van der Waals surface area contributed by atoms with E-state index in [1.54, 1.807) is 6.07 Å². The first-order valence-corrected chi connectivity index (χ1v) is 9.49. The highest BCUT2D eigenvalue weighted by Gasteiger charge is 2.21. The summed E-state index contributed by atoms with van der Waals surface area (Å²) in [6.45, 7) is 8.24. The van der Waals surface area contributed by atoms with Gasteiger partial charge in [-0.15, -0.1) is 0 Å². The van der Waals surface area contributed by atoms with Gasteiger partial charge in [-0.3, -0.25) is 9.69 Å². The molecule has 0 saturated carbocycles. The fourth-order valence-corrected chi connectivity index (χ4v) is 3.57. The van der Waals surface area contributed by atoms with Crippen LogP contribution in [0.3, 0.4) is 0 Å². The third-order valence-corrected chi connectivity index (χ3v) is 5.22. The summed E-state index contributed by atoms with van der Waals surface area (Å²) in [6.07, 6.45) is 5.47. The molecule has 1 unspecified atom stereocenters. The fourth-order valence-electron chi connectivity index (χ4n) is 3.25. The van der Waals surface area contributed by atoms with Crippen molar-refractivity contribution in [2.75, 3.05) is 19.6 Å². The second-order valence-electron chi connectivity index (χ2n) is 6.38. The minimum atomic E-state index is -0.187. The third-order valence-electron chi connectivity index (χ3n) is 4.81. The number of hydrogen-bond donors (Lipinski definition) is 2. The molecule has 142 valence electrons. The molecule has 0 aliphatic rings. The molecular formula is C20H24ClN5O. The van der Waals surface area contributed by atoms with E-state index in [2.05, 4.69) is 39.0 Å². The lowest BCUT2D eigenvalue weighted by molar-refractivity contribution is 0.0935. The number of aryl methyl sites for hydroxylation is 1. The second-order valence-corrected chi connectivity index (χ2v) is 6.75. The van der Waals surface area contributed by atoms with Crippen LogP contribution in [0.25, 0.3) is 10.9 Å². The number of carbonyl (C=O) groups excluding carboxylic acids is 1. The number of hydrogen-bond acceptors (Lipinski definition) is 4. The number of aromatic amines is 1. The Balaban J connectivity index is 1.80. The van der Waals surface area contributed by atoms with Crippen molar-refractivity contribution in [3.8, 4) is 0 Å². The van der Waals surface area contributed by atoms with E-state index >= 15 is 0 Å². The van der Waals surface area contributed by atoms with Gasteiger partial charge in [0.2, 0.25) is 0 Å². The minimum absolute atomic E-state index is 0.000634. The highest BCUT2D eigenvalue weighted by Crippen LogP contribution is 2.27. The van der Waals surface area contributed by atoms with E-state index in [9.17, 15) is 4.79 Å². The minimum Gasteiger partial charge on any atom is -0.361 e. The van der Waals surface area contributed by atoms with Gasteiger partial charge in [0.1, 0.15) is 5.82 Å². The van der Waals surface area contributed by atoms with Crippen molar-refractivity contribution in [1.82, 2.24) is 25.2 Å². The molecule has 3 aromatic rings. The number of likely N-dealkylation sites (N-methyl/N-ethyl adjacent to an activating group) is 1. The monoisotopic (exact) mass is 385 g/mol. The van der Waals surface area contributed by atoms with Crippen molar-refractivity contribution in [3.63, 3.8) is 0 Å². The molecule has 27 heavy (non-hydrogen) atoms. The Bertz CT molecular complexity index is 918. The zero-order valence-corrected chi connectivity index (χ0v) is 16.5. The largest absolute Gasteiger partial charge is 0.361 e. The molecule has 0 fully saturated rings. The molecule has 7 heteroatoms. The van der Waals surface area contributed by atoms with Crippen molar-refractivity contribution in [2.45, 2.75) is 26.8 Å². The summed E-state index contributed by atoms with van der Waals surface area (Å²) in [5.74, 6) is 0.543. The van der Waals surface area contributed by atoms with Crippen LogP contribution < -0.4 is 5.32 Å². The van der Waals surface area contributed by atoms with Gasteiger partial charge in [-0.1, -0.05) is 25.4 Å². The highest BCUT2D eigenvalue weighted by molar-refractivity contribution is 6.38. The van der Waals surface area contributed by atoms with Gasteiger partial charge < -0.3 is 10.3 Å². The van der Waals surface area contributed by atoms with Crippen LogP contribution in [-0.4, -0.2) is 45.4 Å². The summed E-state index contributed by atoms with van der Waals surface area (Å²) < 4.78 is 0. The molecule has 1 aromatic carbocycles. The number of carbonyl (C=O) groups is 1. The van der Waals surface area contributed by atoms with Crippen LogP contribution in [0, 0.1) is 6.92 Å². The summed E-state index contributed by atoms with van der Waals surface area (Å²) in [7, 11) is 0. The molecule has 0 bridgehead atoms. The van der Waals surface area contributed by atoms with E-state index in [-0.39, 0.29) is 11.9 Å². The van der Waals surface area contributed by atoms with E-state index in [1.165, 1.54) is 0 Å². The molecular weight excluding hydrogens is 362 g/mol. The number of rotatable bonds is 7. The molecule has 3 rings (SSSR count). The molecule has 6 nitrogen and oxygen atoms in total. The number of nitrogens with one attached hydrogen (secondary N) is 2. The van der Waals surface area contributed by atoms with Crippen molar-refractivity contribution < 1.29 is 4.79 Å². The number of benzene rings is 1. The predicted octanol–water partition coefficient (Wildman–Crippen LogP) is 3.73. The van der Waals surface area contributed by atoms with Crippen molar-refractivity contribution in [3.05, 3.63) is 58.8 Å². The number of fused-ring (bicyclic) bond motifs is 1. The van der Waals surface area contributed by atoms with Crippen LogP contribution in [0.2, 0.25) is 5.02 Å². The summed E-state index contributed by atoms with van der Waals surface area (Å²) in [6, 6.07) is 5.49.